The number of alkyl halides is 3. The van der Waals surface area contributed by atoms with E-state index in [2.05, 4.69) is 9.97 Å². The quantitative estimate of drug-likeness (QED) is 0.343. The summed E-state index contributed by atoms with van der Waals surface area (Å²) in [5.74, 6) is 0.438. The zero-order chi connectivity index (χ0) is 26.7. The van der Waals surface area contributed by atoms with E-state index in [0.29, 0.717) is 17.5 Å². The van der Waals surface area contributed by atoms with Gasteiger partial charge in [-0.25, -0.2) is 13.4 Å². The van der Waals surface area contributed by atoms with Gasteiger partial charge in [-0.1, -0.05) is 31.2 Å². The third-order valence-electron chi connectivity index (χ3n) is 6.80. The lowest BCUT2D eigenvalue weighted by Gasteiger charge is -2.13. The van der Waals surface area contributed by atoms with Crippen LogP contribution >= 0.6 is 0 Å². The molecule has 5 rings (SSSR count). The maximum absolute atomic E-state index is 13.5. The SMILES string of the molecule is CCn1c(=O)c(C(F)(F)F)cc2nc(-c3ncc(-c4ccc(C5CC5)cc4)cc3S(=O)(=O)CC)n(C)c21. The number of pyridine rings is 2. The molecule has 3 heterocycles. The molecule has 1 aromatic carbocycles. The van der Waals surface area contributed by atoms with Crippen molar-refractivity contribution in [2.75, 3.05) is 5.75 Å². The second-order valence-corrected chi connectivity index (χ2v) is 11.4. The predicted molar refractivity (Wildman–Crippen MR) is 134 cm³/mol. The van der Waals surface area contributed by atoms with Crippen LogP contribution in [-0.2, 0) is 29.6 Å². The molecular formula is C26H25F3N4O3S. The number of halogens is 3. The molecule has 1 saturated carbocycles. The third kappa shape index (κ3) is 4.35. The smallest absolute Gasteiger partial charge is 0.312 e. The standard InChI is InChI=1S/C26H25F3N4O3S/c1-4-33-24-20(13-19(25(33)34)26(27,28)29)31-23(32(24)3)22-21(37(35,36)5-2)12-18(14-30-22)17-10-8-16(9-11-17)15-6-7-15/h8-15H,4-7H2,1-3H3. The third-order valence-corrected chi connectivity index (χ3v) is 8.54. The van der Waals surface area contributed by atoms with Crippen molar-refractivity contribution in [3.05, 3.63) is 64.1 Å². The Morgan fingerprint density at radius 1 is 1.05 bits per heavy atom. The summed E-state index contributed by atoms with van der Waals surface area (Å²) in [7, 11) is -2.27. The van der Waals surface area contributed by atoms with E-state index in [0.717, 1.165) is 10.1 Å². The Kier molecular flexibility index (Phi) is 6.01. The van der Waals surface area contributed by atoms with Gasteiger partial charge in [0.25, 0.3) is 5.56 Å². The lowest BCUT2D eigenvalue weighted by atomic mass is 10.0. The van der Waals surface area contributed by atoms with Crippen molar-refractivity contribution in [1.82, 2.24) is 19.1 Å². The summed E-state index contributed by atoms with van der Waals surface area (Å²) in [6.45, 7) is 3.04. The highest BCUT2D eigenvalue weighted by Gasteiger charge is 2.36. The highest BCUT2D eigenvalue weighted by molar-refractivity contribution is 7.91. The summed E-state index contributed by atoms with van der Waals surface area (Å²) < 4.78 is 69.3. The van der Waals surface area contributed by atoms with E-state index < -0.39 is 27.1 Å². The van der Waals surface area contributed by atoms with Gasteiger partial charge in [-0.2, -0.15) is 13.2 Å². The summed E-state index contributed by atoms with van der Waals surface area (Å²) in [6.07, 6.45) is -0.985. The van der Waals surface area contributed by atoms with Gasteiger partial charge in [-0.3, -0.25) is 14.3 Å². The van der Waals surface area contributed by atoms with E-state index >= 15 is 0 Å². The van der Waals surface area contributed by atoms with Crippen LogP contribution in [0.3, 0.4) is 0 Å². The normalized spacial score (nSPS) is 14.4. The van der Waals surface area contributed by atoms with Crippen LogP contribution in [0, 0.1) is 0 Å². The molecule has 1 aliphatic carbocycles. The van der Waals surface area contributed by atoms with Gasteiger partial charge < -0.3 is 4.57 Å². The first-order valence-corrected chi connectivity index (χ1v) is 13.6. The van der Waals surface area contributed by atoms with Crippen molar-refractivity contribution >= 4 is 21.0 Å². The van der Waals surface area contributed by atoms with Gasteiger partial charge in [0.2, 0.25) is 0 Å². The summed E-state index contributed by atoms with van der Waals surface area (Å²) in [4.78, 5) is 21.3. The van der Waals surface area contributed by atoms with Crippen LogP contribution < -0.4 is 5.56 Å². The van der Waals surface area contributed by atoms with E-state index in [1.165, 1.54) is 49.2 Å². The number of imidazole rings is 1. The lowest BCUT2D eigenvalue weighted by molar-refractivity contribution is -0.138. The minimum atomic E-state index is -4.86. The molecule has 0 atom stereocenters. The summed E-state index contributed by atoms with van der Waals surface area (Å²) in [5, 5.41) is 0. The number of sulfone groups is 1. The molecule has 0 radical (unpaired) electrons. The van der Waals surface area contributed by atoms with Gasteiger partial charge in [0, 0.05) is 25.4 Å². The first-order valence-electron chi connectivity index (χ1n) is 12.0. The predicted octanol–water partition coefficient (Wildman–Crippen LogP) is 5.17. The average molecular weight is 531 g/mol. The number of benzene rings is 1. The van der Waals surface area contributed by atoms with Crippen LogP contribution in [0.4, 0.5) is 13.2 Å². The Labute approximate surface area is 211 Å². The number of rotatable bonds is 6. The fraction of sp³-hybridized carbons (Fsp3) is 0.346. The van der Waals surface area contributed by atoms with E-state index in [1.54, 1.807) is 6.92 Å². The molecule has 0 bridgehead atoms. The Morgan fingerprint density at radius 3 is 2.30 bits per heavy atom. The van der Waals surface area contributed by atoms with Crippen molar-refractivity contribution in [2.24, 2.45) is 7.05 Å². The van der Waals surface area contributed by atoms with Crippen LogP contribution in [0.5, 0.6) is 0 Å². The Balaban J connectivity index is 1.72. The lowest BCUT2D eigenvalue weighted by Crippen LogP contribution is -2.29. The monoisotopic (exact) mass is 530 g/mol. The number of hydrogen-bond donors (Lipinski definition) is 0. The van der Waals surface area contributed by atoms with Gasteiger partial charge in [0.05, 0.1) is 10.6 Å². The van der Waals surface area contributed by atoms with E-state index in [4.69, 9.17) is 0 Å². The molecule has 0 amide bonds. The largest absolute Gasteiger partial charge is 0.421 e. The van der Waals surface area contributed by atoms with Crippen molar-refractivity contribution in [2.45, 2.75) is 50.2 Å². The molecule has 0 aliphatic heterocycles. The molecule has 7 nitrogen and oxygen atoms in total. The maximum Gasteiger partial charge on any atom is 0.421 e. The fourth-order valence-electron chi connectivity index (χ4n) is 4.60. The van der Waals surface area contributed by atoms with Crippen LogP contribution in [0.25, 0.3) is 33.8 Å². The van der Waals surface area contributed by atoms with Gasteiger partial charge >= 0.3 is 6.18 Å². The molecular weight excluding hydrogens is 505 g/mol. The molecule has 0 N–H and O–H groups in total. The average Bonchev–Trinajstić information content (AvgIpc) is 3.67. The molecule has 37 heavy (non-hydrogen) atoms. The summed E-state index contributed by atoms with van der Waals surface area (Å²) >= 11 is 0. The van der Waals surface area contributed by atoms with Crippen LogP contribution in [0.2, 0.25) is 0 Å². The highest BCUT2D eigenvalue weighted by atomic mass is 32.2. The van der Waals surface area contributed by atoms with Crippen LogP contribution in [0.1, 0.15) is 43.7 Å². The minimum Gasteiger partial charge on any atom is -0.312 e. The molecule has 1 aliphatic rings. The first-order chi connectivity index (χ1) is 17.5. The number of aromatic nitrogens is 4. The van der Waals surface area contributed by atoms with Gasteiger partial charge in [-0.15, -0.1) is 0 Å². The first kappa shape index (κ1) is 25.2. The Hall–Kier alpha value is -3.47. The van der Waals surface area contributed by atoms with Crippen molar-refractivity contribution in [3.8, 4) is 22.6 Å². The molecule has 11 heteroatoms. The van der Waals surface area contributed by atoms with E-state index in [-0.39, 0.29) is 39.9 Å². The van der Waals surface area contributed by atoms with Crippen molar-refractivity contribution in [3.63, 3.8) is 0 Å². The van der Waals surface area contributed by atoms with Gasteiger partial charge in [-0.05, 0) is 48.9 Å². The second kappa shape index (κ2) is 8.83. The topological polar surface area (TPSA) is 86.8 Å². The zero-order valence-electron chi connectivity index (χ0n) is 20.5. The molecule has 0 spiro atoms. The molecule has 0 saturated heterocycles. The summed E-state index contributed by atoms with van der Waals surface area (Å²) in [5.41, 5.74) is 0.223. The molecule has 4 aromatic rings. The molecule has 3 aromatic heterocycles. The van der Waals surface area contributed by atoms with Crippen LogP contribution in [0.15, 0.2) is 52.3 Å². The zero-order valence-corrected chi connectivity index (χ0v) is 21.3. The molecule has 1 fully saturated rings. The Morgan fingerprint density at radius 2 is 1.73 bits per heavy atom. The highest BCUT2D eigenvalue weighted by Crippen LogP contribution is 2.41. The number of hydrogen-bond acceptors (Lipinski definition) is 5. The number of fused-ring (bicyclic) bond motifs is 1. The molecule has 194 valence electrons. The maximum atomic E-state index is 13.5. The van der Waals surface area contributed by atoms with Gasteiger partial charge in [0.1, 0.15) is 22.4 Å². The number of aryl methyl sites for hydroxylation is 2. The number of nitrogens with zero attached hydrogens (tertiary/aromatic N) is 4. The van der Waals surface area contributed by atoms with E-state index in [9.17, 15) is 26.4 Å². The van der Waals surface area contributed by atoms with E-state index in [1.807, 2.05) is 24.3 Å². The minimum absolute atomic E-state index is 0.0163. The second-order valence-electron chi connectivity index (χ2n) is 9.18. The van der Waals surface area contributed by atoms with Gasteiger partial charge in [0.15, 0.2) is 15.7 Å². The van der Waals surface area contributed by atoms with Crippen molar-refractivity contribution in [1.29, 1.82) is 0 Å². The summed E-state index contributed by atoms with van der Waals surface area (Å²) in [6, 6.07) is 10.2. The molecule has 0 unspecified atom stereocenters. The van der Waals surface area contributed by atoms with Crippen molar-refractivity contribution < 1.29 is 21.6 Å². The fourth-order valence-corrected chi connectivity index (χ4v) is 5.66. The van der Waals surface area contributed by atoms with Crippen LogP contribution in [-0.4, -0.2) is 33.3 Å². The Bertz CT molecular complexity index is 1680.